The van der Waals surface area contributed by atoms with Crippen molar-refractivity contribution in [2.24, 2.45) is 0 Å². The SMILES string of the molecule is C=C[CH2-].CC1(C)OC(C(O)(c2ccccc2)c2ccccc2)[C@@H](C(O)(c2ccccc2)c2ccccc2)O1.[CH3-].[Ti+2]. The number of ether oxygens (including phenoxy) is 2. The smallest absolute Gasteiger partial charge is 0.378 e. The molecule has 2 N–H and O–H groups in total. The monoisotopic (exact) mass is 570 g/mol. The summed E-state index contributed by atoms with van der Waals surface area (Å²) in [5, 5.41) is 25.2. The zero-order valence-corrected chi connectivity index (χ0v) is 25.0. The van der Waals surface area contributed by atoms with E-state index in [-0.39, 0.29) is 29.1 Å². The van der Waals surface area contributed by atoms with Crippen molar-refractivity contribution in [3.05, 3.63) is 171 Å². The van der Waals surface area contributed by atoms with Crippen LogP contribution in [0.15, 0.2) is 134 Å². The predicted molar refractivity (Wildman–Crippen MR) is 158 cm³/mol. The van der Waals surface area contributed by atoms with E-state index >= 15 is 0 Å². The normalized spacial score (nSPS) is 17.8. The standard InChI is InChI=1S/C31H30O4.C3H5.CH3.Ti/c1-29(2)34-27(30(32,23-15-7-3-8-16-23)24-17-9-4-10-18-24)28(35-29)31(33,25-19-11-5-12-20-25)26-21-13-6-14-22-26;1-3-2;;/h3-22,27-28,32-33H,1-2H3;3H,1-2H2;1H3;/q;2*-1;+2/t27-,28?;;;/m0.../s1. The average Bonchev–Trinajstić information content (AvgIpc) is 3.30. The molecule has 4 aromatic rings. The largest absolute Gasteiger partial charge is 2.00 e. The topological polar surface area (TPSA) is 58.9 Å². The molecule has 2 atom stereocenters. The molecule has 0 radical (unpaired) electrons. The molecule has 0 saturated carbocycles. The van der Waals surface area contributed by atoms with Gasteiger partial charge in [0.05, 0.1) is 0 Å². The second-order valence-corrected chi connectivity index (χ2v) is 9.76. The van der Waals surface area contributed by atoms with Gasteiger partial charge in [-0.05, 0) is 36.1 Å². The summed E-state index contributed by atoms with van der Waals surface area (Å²) in [7, 11) is 0. The van der Waals surface area contributed by atoms with Crippen molar-refractivity contribution in [1.82, 2.24) is 0 Å². The number of rotatable bonds is 6. The Morgan fingerprint density at radius 1 is 0.625 bits per heavy atom. The fraction of sp³-hybridized carbons (Fsp3) is 0.200. The Balaban J connectivity index is 0.00000107. The summed E-state index contributed by atoms with van der Waals surface area (Å²) in [5.74, 6) is -1.05. The quantitative estimate of drug-likeness (QED) is 0.197. The van der Waals surface area contributed by atoms with Crippen molar-refractivity contribution in [3.8, 4) is 0 Å². The van der Waals surface area contributed by atoms with E-state index in [1.165, 1.54) is 6.08 Å². The molecule has 1 aliphatic rings. The molecule has 0 bridgehead atoms. The molecule has 1 saturated heterocycles. The Labute approximate surface area is 254 Å². The third-order valence-electron chi connectivity index (χ3n) is 6.78. The van der Waals surface area contributed by atoms with Crippen LogP contribution < -0.4 is 0 Å². The second kappa shape index (κ2) is 14.1. The van der Waals surface area contributed by atoms with Gasteiger partial charge in [-0.2, -0.15) is 0 Å². The van der Waals surface area contributed by atoms with E-state index in [1.54, 1.807) is 0 Å². The van der Waals surface area contributed by atoms with Crippen LogP contribution in [0.25, 0.3) is 0 Å². The molecule has 0 spiro atoms. The Morgan fingerprint density at radius 3 is 1.02 bits per heavy atom. The van der Waals surface area contributed by atoms with Gasteiger partial charge >= 0.3 is 21.7 Å². The molecule has 0 aliphatic carbocycles. The Morgan fingerprint density at radius 2 is 0.825 bits per heavy atom. The number of aliphatic hydroxyl groups is 2. The van der Waals surface area contributed by atoms with E-state index in [4.69, 9.17) is 9.47 Å². The molecule has 0 aromatic heterocycles. The van der Waals surface area contributed by atoms with Crippen molar-refractivity contribution in [2.75, 3.05) is 0 Å². The predicted octanol–water partition coefficient (Wildman–Crippen LogP) is 6.83. The van der Waals surface area contributed by atoms with E-state index in [0.29, 0.717) is 22.3 Å². The van der Waals surface area contributed by atoms with E-state index in [0.717, 1.165) is 0 Å². The van der Waals surface area contributed by atoms with Gasteiger partial charge in [0, 0.05) is 0 Å². The molecular weight excluding hydrogens is 532 g/mol. The third-order valence-corrected chi connectivity index (χ3v) is 6.78. The van der Waals surface area contributed by atoms with Crippen molar-refractivity contribution in [3.63, 3.8) is 0 Å². The van der Waals surface area contributed by atoms with Gasteiger partial charge in [-0.1, -0.05) is 121 Å². The van der Waals surface area contributed by atoms with E-state index in [9.17, 15) is 10.2 Å². The van der Waals surface area contributed by atoms with Gasteiger partial charge in [0.15, 0.2) is 5.79 Å². The number of benzene rings is 4. The summed E-state index contributed by atoms with van der Waals surface area (Å²) < 4.78 is 13.0. The average molecular weight is 571 g/mol. The zero-order chi connectivity index (χ0) is 27.2. The molecule has 4 nitrogen and oxygen atoms in total. The minimum Gasteiger partial charge on any atom is -0.378 e. The van der Waals surface area contributed by atoms with Gasteiger partial charge in [-0.3, -0.25) is 0 Å². The number of hydrogen-bond acceptors (Lipinski definition) is 4. The Hall–Kier alpha value is -2.96. The molecule has 5 heteroatoms. The van der Waals surface area contributed by atoms with Gasteiger partial charge in [0.25, 0.3) is 0 Å². The Bertz CT molecular complexity index is 1120. The van der Waals surface area contributed by atoms with E-state index in [2.05, 4.69) is 13.5 Å². The van der Waals surface area contributed by atoms with Gasteiger partial charge in [0.1, 0.15) is 23.4 Å². The maximum Gasteiger partial charge on any atom is 2.00 e. The van der Waals surface area contributed by atoms with Crippen LogP contribution >= 0.6 is 0 Å². The van der Waals surface area contributed by atoms with Crippen LogP contribution in [0.3, 0.4) is 0 Å². The number of allylic oxidation sites excluding steroid dienone is 1. The first kappa shape index (κ1) is 33.3. The maximum atomic E-state index is 12.6. The summed E-state index contributed by atoms with van der Waals surface area (Å²) in [6.07, 6.45) is -0.375. The van der Waals surface area contributed by atoms with Crippen LogP contribution in [0.5, 0.6) is 0 Å². The van der Waals surface area contributed by atoms with Crippen molar-refractivity contribution in [1.29, 1.82) is 0 Å². The van der Waals surface area contributed by atoms with E-state index < -0.39 is 29.2 Å². The van der Waals surface area contributed by atoms with Crippen molar-refractivity contribution in [2.45, 2.75) is 43.0 Å². The van der Waals surface area contributed by atoms with Crippen LogP contribution in [0.4, 0.5) is 0 Å². The molecule has 1 aliphatic heterocycles. The van der Waals surface area contributed by atoms with Crippen LogP contribution in [0.2, 0.25) is 0 Å². The molecule has 1 unspecified atom stereocenters. The maximum absolute atomic E-state index is 12.6. The van der Waals surface area contributed by atoms with Crippen molar-refractivity contribution >= 4 is 0 Å². The summed E-state index contributed by atoms with van der Waals surface area (Å²) >= 11 is 0. The minimum absolute atomic E-state index is 0. The molecule has 4 aromatic carbocycles. The van der Waals surface area contributed by atoms with Gasteiger partial charge < -0.3 is 27.1 Å². The van der Waals surface area contributed by atoms with Gasteiger partial charge in [0.2, 0.25) is 0 Å². The van der Waals surface area contributed by atoms with Gasteiger partial charge in [-0.25, -0.2) is 19.6 Å². The van der Waals surface area contributed by atoms with E-state index in [1.807, 2.05) is 135 Å². The molecule has 5 rings (SSSR count). The minimum atomic E-state index is -1.60. The zero-order valence-electron chi connectivity index (χ0n) is 23.4. The fourth-order valence-corrected chi connectivity index (χ4v) is 5.13. The van der Waals surface area contributed by atoms with Crippen LogP contribution in [0.1, 0.15) is 36.1 Å². The molecule has 1 fully saturated rings. The molecule has 0 amide bonds. The van der Waals surface area contributed by atoms with Crippen LogP contribution in [-0.4, -0.2) is 28.2 Å². The van der Waals surface area contributed by atoms with Crippen LogP contribution in [-0.2, 0) is 42.4 Å². The van der Waals surface area contributed by atoms with Crippen LogP contribution in [0, 0.1) is 14.4 Å². The molecule has 206 valence electrons. The van der Waals surface area contributed by atoms with Gasteiger partial charge in [-0.15, -0.1) is 0 Å². The first-order valence-corrected chi connectivity index (χ1v) is 12.7. The first-order valence-electron chi connectivity index (χ1n) is 12.7. The first-order chi connectivity index (χ1) is 18.3. The summed E-state index contributed by atoms with van der Waals surface area (Å²) in [4.78, 5) is 0. The summed E-state index contributed by atoms with van der Waals surface area (Å²) in [6, 6.07) is 37.8. The Kier molecular flexibility index (Phi) is 11.7. The third kappa shape index (κ3) is 6.50. The summed E-state index contributed by atoms with van der Waals surface area (Å²) in [5.41, 5.74) is -0.564. The molecule has 40 heavy (non-hydrogen) atoms. The molecule has 1 heterocycles. The van der Waals surface area contributed by atoms with Crippen molar-refractivity contribution < 1.29 is 41.4 Å². The summed E-state index contributed by atoms with van der Waals surface area (Å²) in [6.45, 7) is 10.1. The fourth-order valence-electron chi connectivity index (χ4n) is 5.13. The second-order valence-electron chi connectivity index (χ2n) is 9.76. The number of hydrogen-bond donors (Lipinski definition) is 2. The molecular formula is C35H38O4Ti.